The highest BCUT2D eigenvalue weighted by atomic mass is 16.6. The highest BCUT2D eigenvalue weighted by molar-refractivity contribution is 5.89. The van der Waals surface area contributed by atoms with Crippen LogP contribution in [-0.2, 0) is 47.4 Å². The van der Waals surface area contributed by atoms with Gasteiger partial charge < -0.3 is 47.4 Å². The Morgan fingerprint density at radius 3 is 1.30 bits per heavy atom. The number of nitroso groups, excluding NO2 is 1. The Bertz CT molecular complexity index is 788. The summed E-state index contributed by atoms with van der Waals surface area (Å²) in [5.74, 6) is -0.455. The summed E-state index contributed by atoms with van der Waals surface area (Å²) in [7, 11) is 1.64. The molecule has 0 aliphatic rings. The highest BCUT2D eigenvalue weighted by Gasteiger charge is 2.10. The lowest BCUT2D eigenvalue weighted by Crippen LogP contribution is -2.17. The van der Waals surface area contributed by atoms with Crippen LogP contribution in [0.3, 0.4) is 0 Å². The molecule has 0 fully saturated rings. The molecule has 0 aliphatic carbocycles. The number of benzene rings is 1. The number of carbonyl (C=O) groups excluding carboxylic acids is 1. The van der Waals surface area contributed by atoms with Crippen molar-refractivity contribution in [2.45, 2.75) is 19.8 Å². The van der Waals surface area contributed by atoms with Crippen LogP contribution in [0.2, 0.25) is 0 Å². The fourth-order valence-corrected chi connectivity index (χ4v) is 3.35. The first kappa shape index (κ1) is 39.8. The second-order valence-corrected chi connectivity index (χ2v) is 9.13. The number of methoxy groups -OCH3 is 1. The smallest absolute Gasteiger partial charge is 0.338 e. The van der Waals surface area contributed by atoms with E-state index in [9.17, 15) is 9.70 Å². The largest absolute Gasteiger partial charge is 0.460 e. The Kier molecular flexibility index (Phi) is 27.8. The monoisotopic (exact) mass is 632 g/mol. The number of carbonyl (C=O) groups is 1. The summed E-state index contributed by atoms with van der Waals surface area (Å²) in [4.78, 5) is 23.2. The van der Waals surface area contributed by atoms with Gasteiger partial charge in [-0.3, -0.25) is 0 Å². The van der Waals surface area contributed by atoms with Gasteiger partial charge in [-0.1, -0.05) is 13.3 Å². The Labute approximate surface area is 261 Å². The van der Waals surface area contributed by atoms with Gasteiger partial charge in [0, 0.05) is 13.7 Å². The predicted octanol–water partition coefficient (Wildman–Crippen LogP) is 2.91. The van der Waals surface area contributed by atoms with Crippen molar-refractivity contribution in [2.24, 2.45) is 5.29 Å². The van der Waals surface area contributed by atoms with Crippen LogP contribution in [0, 0.1) is 4.91 Å². The summed E-state index contributed by atoms with van der Waals surface area (Å²) in [5.41, 5.74) is 1.04. The van der Waals surface area contributed by atoms with E-state index < -0.39 is 5.97 Å². The van der Waals surface area contributed by atoms with E-state index in [1.165, 1.54) is 5.01 Å². The molecule has 14 heteroatoms. The molecule has 0 unspecified atom stereocenters. The Morgan fingerprint density at radius 1 is 0.591 bits per heavy atom. The maximum Gasteiger partial charge on any atom is 0.338 e. The van der Waals surface area contributed by atoms with Crippen LogP contribution in [-0.4, -0.2) is 139 Å². The molecule has 0 aromatic heterocycles. The molecule has 0 N–H and O–H groups in total. The van der Waals surface area contributed by atoms with Gasteiger partial charge in [0.25, 0.3) is 0 Å². The van der Waals surface area contributed by atoms with Gasteiger partial charge in [0.15, 0.2) is 0 Å². The summed E-state index contributed by atoms with van der Waals surface area (Å²) >= 11 is 0. The van der Waals surface area contributed by atoms with E-state index in [1.807, 2.05) is 6.92 Å². The molecule has 0 bridgehead atoms. The van der Waals surface area contributed by atoms with Gasteiger partial charge in [0.05, 0.1) is 129 Å². The van der Waals surface area contributed by atoms with Crippen molar-refractivity contribution >= 4 is 11.7 Å². The van der Waals surface area contributed by atoms with Crippen LogP contribution in [0.15, 0.2) is 29.6 Å². The van der Waals surface area contributed by atoms with Gasteiger partial charge in [-0.05, 0) is 30.7 Å². The first-order chi connectivity index (χ1) is 21.7. The zero-order valence-corrected chi connectivity index (χ0v) is 26.5. The second-order valence-electron chi connectivity index (χ2n) is 9.13. The van der Waals surface area contributed by atoms with Gasteiger partial charge in [0.1, 0.15) is 6.61 Å². The maximum atomic E-state index is 12.2. The van der Waals surface area contributed by atoms with Crippen LogP contribution in [0.5, 0.6) is 0 Å². The van der Waals surface area contributed by atoms with E-state index in [2.05, 4.69) is 5.29 Å². The molecular formula is C30H52N2O12. The van der Waals surface area contributed by atoms with E-state index in [1.54, 1.807) is 31.4 Å². The minimum absolute atomic E-state index is 0.129. The summed E-state index contributed by atoms with van der Waals surface area (Å²) in [6.07, 6.45) is 1.81. The van der Waals surface area contributed by atoms with E-state index in [-0.39, 0.29) is 13.2 Å². The first-order valence-electron chi connectivity index (χ1n) is 15.2. The minimum Gasteiger partial charge on any atom is -0.460 e. The fourth-order valence-electron chi connectivity index (χ4n) is 3.35. The van der Waals surface area contributed by atoms with E-state index in [0.717, 1.165) is 12.8 Å². The Balaban J connectivity index is 1.80. The number of esters is 1. The molecule has 0 aliphatic heterocycles. The molecule has 0 amide bonds. The van der Waals surface area contributed by atoms with Crippen molar-refractivity contribution < 1.29 is 52.2 Å². The highest BCUT2D eigenvalue weighted by Crippen LogP contribution is 2.17. The number of hydrogen-bond acceptors (Lipinski definition) is 13. The van der Waals surface area contributed by atoms with Crippen LogP contribution in [0.4, 0.5) is 5.69 Å². The van der Waals surface area contributed by atoms with Crippen molar-refractivity contribution in [3.63, 3.8) is 0 Å². The van der Waals surface area contributed by atoms with Crippen molar-refractivity contribution in [3.8, 4) is 0 Å². The Morgan fingerprint density at radius 2 is 0.955 bits per heavy atom. The summed E-state index contributed by atoms with van der Waals surface area (Å²) in [6, 6.07) is 6.58. The lowest BCUT2D eigenvalue weighted by Gasteiger charge is -2.14. The van der Waals surface area contributed by atoms with Crippen molar-refractivity contribution in [1.82, 2.24) is 0 Å². The number of hydrogen-bond donors (Lipinski definition) is 0. The molecular weight excluding hydrogens is 580 g/mol. The van der Waals surface area contributed by atoms with Crippen LogP contribution >= 0.6 is 0 Å². The SMILES string of the molecule is CCCCN(N=O)c1ccc(C(=O)OCCOCCOCCOCCOCCOCCOCCOCCOCCOC)cc1. The van der Waals surface area contributed by atoms with Crippen molar-refractivity contribution in [3.05, 3.63) is 34.7 Å². The zero-order valence-electron chi connectivity index (χ0n) is 26.5. The molecule has 14 nitrogen and oxygen atoms in total. The molecule has 0 saturated heterocycles. The minimum atomic E-state index is -0.455. The number of ether oxygens (including phenoxy) is 10. The first-order valence-corrected chi connectivity index (χ1v) is 15.2. The normalized spacial score (nSPS) is 11.1. The van der Waals surface area contributed by atoms with E-state index in [0.29, 0.717) is 124 Å². The average Bonchev–Trinajstić information content (AvgIpc) is 3.05. The molecule has 1 rings (SSSR count). The summed E-state index contributed by atoms with van der Waals surface area (Å²) < 4.78 is 53.4. The summed E-state index contributed by atoms with van der Waals surface area (Å²) in [6.45, 7) is 10.9. The molecule has 0 spiro atoms. The molecule has 0 radical (unpaired) electrons. The maximum absolute atomic E-state index is 12.2. The third kappa shape index (κ3) is 23.2. The van der Waals surface area contributed by atoms with Gasteiger partial charge in [-0.25, -0.2) is 9.80 Å². The fraction of sp³-hybridized carbons (Fsp3) is 0.767. The van der Waals surface area contributed by atoms with Gasteiger partial charge in [-0.2, -0.15) is 0 Å². The van der Waals surface area contributed by atoms with Crippen LogP contribution in [0.25, 0.3) is 0 Å². The molecule has 1 aromatic rings. The topological polar surface area (TPSA) is 142 Å². The third-order valence-electron chi connectivity index (χ3n) is 5.72. The molecule has 44 heavy (non-hydrogen) atoms. The lowest BCUT2D eigenvalue weighted by molar-refractivity contribution is -0.0253. The molecule has 0 heterocycles. The molecule has 0 atom stereocenters. The van der Waals surface area contributed by atoms with Crippen molar-refractivity contribution in [1.29, 1.82) is 0 Å². The van der Waals surface area contributed by atoms with E-state index >= 15 is 0 Å². The Hall–Kier alpha value is -2.27. The van der Waals surface area contributed by atoms with Crippen molar-refractivity contribution in [2.75, 3.05) is 138 Å². The van der Waals surface area contributed by atoms with Gasteiger partial charge in [-0.15, -0.1) is 4.91 Å². The standard InChI is InChI=1S/C30H52N2O12/c1-3-4-9-32(31-34)29-7-5-28(6-8-29)30(33)44-27-26-43-25-24-42-23-22-41-21-20-40-19-18-39-17-16-38-15-14-37-13-12-36-11-10-35-2/h5-8H,3-4,9-27H2,1-2H3. The predicted molar refractivity (Wildman–Crippen MR) is 163 cm³/mol. The van der Waals surface area contributed by atoms with Gasteiger partial charge in [0.2, 0.25) is 0 Å². The quantitative estimate of drug-likeness (QED) is 0.0486. The lowest BCUT2D eigenvalue weighted by atomic mass is 10.2. The second kappa shape index (κ2) is 30.7. The third-order valence-corrected chi connectivity index (χ3v) is 5.72. The number of unbranched alkanes of at least 4 members (excludes halogenated alkanes) is 1. The molecule has 254 valence electrons. The molecule has 1 aromatic carbocycles. The number of rotatable bonds is 33. The number of nitrogens with zero attached hydrogens (tertiary/aromatic N) is 2. The summed E-state index contributed by atoms with van der Waals surface area (Å²) in [5, 5.41) is 4.40. The average molecular weight is 633 g/mol. The van der Waals surface area contributed by atoms with Crippen LogP contribution < -0.4 is 5.01 Å². The molecule has 0 saturated carbocycles. The van der Waals surface area contributed by atoms with Crippen LogP contribution in [0.1, 0.15) is 30.1 Å². The van der Waals surface area contributed by atoms with E-state index in [4.69, 9.17) is 47.4 Å². The van der Waals surface area contributed by atoms with Gasteiger partial charge >= 0.3 is 5.97 Å². The number of anilines is 1. The zero-order chi connectivity index (χ0) is 31.8.